The average molecular weight is 207 g/mol. The molecular weight excluding hydrogens is 182 g/mol. The van der Waals surface area contributed by atoms with Gasteiger partial charge in [-0.3, -0.25) is 0 Å². The van der Waals surface area contributed by atoms with Crippen molar-refractivity contribution >= 4 is 0 Å². The van der Waals surface area contributed by atoms with Gasteiger partial charge >= 0.3 is 0 Å². The van der Waals surface area contributed by atoms with Crippen LogP contribution in [-0.2, 0) is 0 Å². The second-order valence-corrected chi connectivity index (χ2v) is 3.59. The third-order valence-corrected chi connectivity index (χ3v) is 2.69. The van der Waals surface area contributed by atoms with E-state index in [1.165, 1.54) is 16.7 Å². The summed E-state index contributed by atoms with van der Waals surface area (Å²) >= 11 is 0. The van der Waals surface area contributed by atoms with Gasteiger partial charge in [-0.1, -0.05) is 39.0 Å². The van der Waals surface area contributed by atoms with Crippen LogP contribution in [0.3, 0.4) is 0 Å². The van der Waals surface area contributed by atoms with Crippen LogP contribution in [-0.4, -0.2) is 7.05 Å². The van der Waals surface area contributed by atoms with E-state index >= 15 is 0 Å². The molecule has 0 amide bonds. The van der Waals surface area contributed by atoms with E-state index in [0.717, 1.165) is 6.42 Å². The average Bonchev–Trinajstić information content (AvgIpc) is 2.28. The second-order valence-electron chi connectivity index (χ2n) is 3.59. The molecule has 0 aliphatic carbocycles. The van der Waals surface area contributed by atoms with Crippen molar-refractivity contribution in [3.8, 4) is 0 Å². The fourth-order valence-electron chi connectivity index (χ4n) is 1.59. The Kier molecular flexibility index (Phi) is 7.06. The molecular formula is C14H25N. The summed E-state index contributed by atoms with van der Waals surface area (Å²) in [6.07, 6.45) is 1.14. The summed E-state index contributed by atoms with van der Waals surface area (Å²) < 4.78 is 0. The monoisotopic (exact) mass is 207 g/mol. The summed E-state index contributed by atoms with van der Waals surface area (Å²) in [5.74, 6) is 0. The van der Waals surface area contributed by atoms with Crippen molar-refractivity contribution in [1.82, 2.24) is 5.32 Å². The van der Waals surface area contributed by atoms with Gasteiger partial charge in [0.2, 0.25) is 0 Å². The van der Waals surface area contributed by atoms with Crippen molar-refractivity contribution in [3.05, 3.63) is 34.9 Å². The maximum atomic E-state index is 3.31. The highest BCUT2D eigenvalue weighted by atomic mass is 14.9. The first-order valence-corrected chi connectivity index (χ1v) is 5.93. The molecule has 1 heteroatoms. The molecule has 0 radical (unpaired) electrons. The lowest BCUT2D eigenvalue weighted by Crippen LogP contribution is -2.15. The highest BCUT2D eigenvalue weighted by Gasteiger charge is 2.06. The Morgan fingerprint density at radius 2 is 1.73 bits per heavy atom. The molecule has 1 aromatic rings. The lowest BCUT2D eigenvalue weighted by Gasteiger charge is -2.15. The molecule has 0 aliphatic heterocycles. The van der Waals surface area contributed by atoms with Gasteiger partial charge < -0.3 is 5.32 Å². The fourth-order valence-corrected chi connectivity index (χ4v) is 1.59. The Hall–Kier alpha value is -0.820. The van der Waals surface area contributed by atoms with Crippen LogP contribution in [0.15, 0.2) is 18.2 Å². The lowest BCUT2D eigenvalue weighted by molar-refractivity contribution is 0.576. The van der Waals surface area contributed by atoms with Crippen molar-refractivity contribution in [2.75, 3.05) is 7.05 Å². The maximum Gasteiger partial charge on any atom is 0.0314 e. The van der Waals surface area contributed by atoms with E-state index in [2.05, 4.69) is 44.3 Å². The zero-order valence-electron chi connectivity index (χ0n) is 11.0. The molecule has 0 saturated heterocycles. The molecule has 1 nitrogen and oxygen atoms in total. The van der Waals surface area contributed by atoms with Gasteiger partial charge in [0.05, 0.1) is 0 Å². The molecule has 0 fully saturated rings. The lowest BCUT2D eigenvalue weighted by atomic mass is 10.00. The summed E-state index contributed by atoms with van der Waals surface area (Å²) in [5.41, 5.74) is 4.15. The zero-order chi connectivity index (χ0) is 11.8. The van der Waals surface area contributed by atoms with E-state index in [0.29, 0.717) is 6.04 Å². The SMILES string of the molecule is CC.CCC(NC)c1ccc(C)c(C)c1. The van der Waals surface area contributed by atoms with Gasteiger partial charge in [0.1, 0.15) is 0 Å². The minimum Gasteiger partial charge on any atom is -0.313 e. The molecule has 86 valence electrons. The van der Waals surface area contributed by atoms with E-state index < -0.39 is 0 Å². The summed E-state index contributed by atoms with van der Waals surface area (Å²) in [7, 11) is 2.02. The minimum atomic E-state index is 0.499. The van der Waals surface area contributed by atoms with E-state index in [4.69, 9.17) is 0 Å². The van der Waals surface area contributed by atoms with Gasteiger partial charge in [-0.05, 0) is 44.0 Å². The second kappa shape index (κ2) is 7.47. The molecule has 1 aromatic carbocycles. The van der Waals surface area contributed by atoms with Gasteiger partial charge in [0.15, 0.2) is 0 Å². The number of nitrogens with one attached hydrogen (secondary N) is 1. The van der Waals surface area contributed by atoms with Crippen molar-refractivity contribution < 1.29 is 0 Å². The third kappa shape index (κ3) is 4.05. The van der Waals surface area contributed by atoms with Gasteiger partial charge in [0, 0.05) is 6.04 Å². The van der Waals surface area contributed by atoms with Crippen molar-refractivity contribution in [3.63, 3.8) is 0 Å². The molecule has 1 rings (SSSR count). The molecule has 0 aromatic heterocycles. The number of hydrogen-bond donors (Lipinski definition) is 1. The summed E-state index contributed by atoms with van der Waals surface area (Å²) in [5, 5.41) is 3.31. The van der Waals surface area contributed by atoms with Crippen LogP contribution in [0.1, 0.15) is 49.9 Å². The third-order valence-electron chi connectivity index (χ3n) is 2.69. The van der Waals surface area contributed by atoms with Gasteiger partial charge in [-0.2, -0.15) is 0 Å². The number of rotatable bonds is 3. The van der Waals surface area contributed by atoms with Crippen LogP contribution in [0.5, 0.6) is 0 Å². The van der Waals surface area contributed by atoms with Gasteiger partial charge in [0.25, 0.3) is 0 Å². The minimum absolute atomic E-state index is 0.499. The van der Waals surface area contributed by atoms with Crippen LogP contribution < -0.4 is 5.32 Å². The normalized spacial score (nSPS) is 11.6. The molecule has 0 bridgehead atoms. The summed E-state index contributed by atoms with van der Waals surface area (Å²) in [4.78, 5) is 0. The molecule has 1 unspecified atom stereocenters. The first-order chi connectivity index (χ1) is 7.19. The summed E-state index contributed by atoms with van der Waals surface area (Å²) in [6, 6.07) is 7.19. The quantitative estimate of drug-likeness (QED) is 0.790. The topological polar surface area (TPSA) is 12.0 Å². The summed E-state index contributed by atoms with van der Waals surface area (Å²) in [6.45, 7) is 10.5. The molecule has 1 atom stereocenters. The predicted molar refractivity (Wildman–Crippen MR) is 69.4 cm³/mol. The van der Waals surface area contributed by atoms with Gasteiger partial charge in [-0.25, -0.2) is 0 Å². The van der Waals surface area contributed by atoms with Crippen LogP contribution in [0.4, 0.5) is 0 Å². The first kappa shape index (κ1) is 14.2. The predicted octanol–water partition coefficient (Wildman–Crippen LogP) is 4.00. The van der Waals surface area contributed by atoms with E-state index in [-0.39, 0.29) is 0 Å². The first-order valence-electron chi connectivity index (χ1n) is 5.93. The molecule has 0 heterocycles. The van der Waals surface area contributed by atoms with Crippen molar-refractivity contribution in [1.29, 1.82) is 0 Å². The Morgan fingerprint density at radius 3 is 2.13 bits per heavy atom. The maximum absolute atomic E-state index is 3.31. The standard InChI is InChI=1S/C12H19N.C2H6/c1-5-12(13-4)11-7-6-9(2)10(3)8-11;1-2/h6-8,12-13H,5H2,1-4H3;1-2H3. The highest BCUT2D eigenvalue weighted by molar-refractivity contribution is 5.31. The molecule has 0 saturated carbocycles. The molecule has 0 spiro atoms. The Morgan fingerprint density at radius 1 is 1.13 bits per heavy atom. The highest BCUT2D eigenvalue weighted by Crippen LogP contribution is 2.18. The number of benzene rings is 1. The number of hydrogen-bond acceptors (Lipinski definition) is 1. The van der Waals surface area contributed by atoms with Crippen LogP contribution >= 0.6 is 0 Å². The van der Waals surface area contributed by atoms with Crippen LogP contribution in [0, 0.1) is 13.8 Å². The van der Waals surface area contributed by atoms with Gasteiger partial charge in [-0.15, -0.1) is 0 Å². The smallest absolute Gasteiger partial charge is 0.0314 e. The van der Waals surface area contributed by atoms with E-state index in [1.807, 2.05) is 20.9 Å². The molecule has 1 N–H and O–H groups in total. The Bertz CT molecular complexity index is 275. The van der Waals surface area contributed by atoms with E-state index in [9.17, 15) is 0 Å². The Labute approximate surface area is 94.9 Å². The molecule has 15 heavy (non-hydrogen) atoms. The zero-order valence-corrected chi connectivity index (χ0v) is 11.0. The fraction of sp³-hybridized carbons (Fsp3) is 0.571. The van der Waals surface area contributed by atoms with Crippen LogP contribution in [0.2, 0.25) is 0 Å². The van der Waals surface area contributed by atoms with E-state index in [1.54, 1.807) is 0 Å². The van der Waals surface area contributed by atoms with Crippen molar-refractivity contribution in [2.24, 2.45) is 0 Å². The number of aryl methyl sites for hydroxylation is 2. The molecule has 0 aliphatic rings. The van der Waals surface area contributed by atoms with Crippen LogP contribution in [0.25, 0.3) is 0 Å². The van der Waals surface area contributed by atoms with Crippen molar-refractivity contribution in [2.45, 2.75) is 47.1 Å². The Balaban J connectivity index is 0.000000921. The largest absolute Gasteiger partial charge is 0.313 e.